The van der Waals surface area contributed by atoms with E-state index in [1.165, 1.54) is 26.6 Å². The van der Waals surface area contributed by atoms with Crippen LogP contribution in [-0.2, 0) is 26.1 Å². The summed E-state index contributed by atoms with van der Waals surface area (Å²) >= 11 is 12.8. The molecule has 4 aliphatic heterocycles. The van der Waals surface area contributed by atoms with Gasteiger partial charge in [0.05, 0.1) is 25.2 Å². The van der Waals surface area contributed by atoms with Gasteiger partial charge in [0.25, 0.3) is 6.29 Å². The van der Waals surface area contributed by atoms with Gasteiger partial charge in [-0.15, -0.1) is 0 Å². The minimum Gasteiger partial charge on any atom is -0.870 e. The molecule has 55 heavy (non-hydrogen) atoms. The Labute approximate surface area is 331 Å². The van der Waals surface area contributed by atoms with Crippen LogP contribution in [0.1, 0.15) is 59.0 Å². The lowest BCUT2D eigenvalue weighted by atomic mass is 9.72. The Morgan fingerprint density at radius 3 is 2.16 bits per heavy atom. The van der Waals surface area contributed by atoms with Gasteiger partial charge in [0.1, 0.15) is 16.1 Å². The number of aromatic amines is 1. The standard InChI is InChI=1S/C42H45Cl2N3O7.H2O/c1-50-35-13-12-31(24-36(35)51-2)40(53-38-33(43)25-45-26-34(38)44)54-39(48)30-10-8-28(9-11-30)14-19-46-22-17-42(18-23-46,32-6-4-3-5-7-32)41(49)52-37-27-47-20-15-29(37)16-21-47;/h3-13,24-26,29,37,40H,14-23,27H2,1-2H3;1H2/t37-,40+;/m0./s1. The van der Waals surface area contributed by atoms with Crippen molar-refractivity contribution in [3.8, 4) is 17.2 Å². The van der Waals surface area contributed by atoms with E-state index < -0.39 is 17.7 Å². The summed E-state index contributed by atoms with van der Waals surface area (Å²) in [5, 5.41) is 0.439. The van der Waals surface area contributed by atoms with E-state index in [1.807, 2.05) is 30.3 Å². The third-order valence-corrected chi connectivity index (χ3v) is 11.7. The summed E-state index contributed by atoms with van der Waals surface area (Å²) in [6.07, 6.45) is 6.25. The molecule has 2 N–H and O–H groups in total. The normalized spacial score (nSPS) is 20.8. The quantitative estimate of drug-likeness (QED) is 0.105. The van der Waals surface area contributed by atoms with Crippen molar-refractivity contribution in [3.63, 3.8) is 0 Å². The zero-order valence-corrected chi connectivity index (χ0v) is 32.6. The van der Waals surface area contributed by atoms with E-state index in [9.17, 15) is 9.59 Å². The molecule has 0 unspecified atom stereocenters. The molecule has 11 nitrogen and oxygen atoms in total. The Bertz CT molecular complexity index is 1900. The van der Waals surface area contributed by atoms with Crippen LogP contribution in [0.25, 0.3) is 0 Å². The van der Waals surface area contributed by atoms with E-state index >= 15 is 0 Å². The largest absolute Gasteiger partial charge is 0.870 e. The Morgan fingerprint density at radius 2 is 1.55 bits per heavy atom. The van der Waals surface area contributed by atoms with E-state index in [1.54, 1.807) is 30.3 Å². The first-order valence-electron chi connectivity index (χ1n) is 18.5. The molecule has 0 amide bonds. The summed E-state index contributed by atoms with van der Waals surface area (Å²) < 4.78 is 29.2. The van der Waals surface area contributed by atoms with Gasteiger partial charge in [-0.1, -0.05) is 65.7 Å². The molecule has 13 heteroatoms. The van der Waals surface area contributed by atoms with E-state index in [0.717, 1.165) is 69.7 Å². The van der Waals surface area contributed by atoms with Gasteiger partial charge in [0.15, 0.2) is 29.6 Å². The number of esters is 2. The number of piperidine rings is 4. The number of carbonyl (C=O) groups excluding carboxylic acids is 2. The highest BCUT2D eigenvalue weighted by molar-refractivity contribution is 6.36. The molecular formula is C42H47Cl2N3O8. The predicted octanol–water partition coefficient (Wildman–Crippen LogP) is 6.80. The van der Waals surface area contributed by atoms with Crippen LogP contribution in [0.2, 0.25) is 10.0 Å². The molecule has 3 aromatic carbocycles. The maximum Gasteiger partial charge on any atom is 0.341 e. The number of halogens is 2. The van der Waals surface area contributed by atoms with Crippen molar-refractivity contribution in [2.45, 2.75) is 49.9 Å². The third kappa shape index (κ3) is 9.03. The zero-order valence-electron chi connectivity index (χ0n) is 31.0. The third-order valence-electron chi connectivity index (χ3n) is 11.2. The first kappa shape index (κ1) is 40.3. The van der Waals surface area contributed by atoms with Gasteiger partial charge in [-0.3, -0.25) is 9.69 Å². The first-order chi connectivity index (χ1) is 26.3. The van der Waals surface area contributed by atoms with Crippen molar-refractivity contribution in [3.05, 3.63) is 117 Å². The highest BCUT2D eigenvalue weighted by atomic mass is 35.5. The smallest absolute Gasteiger partial charge is 0.341 e. The number of fused-ring (bicyclic) bond motifs is 3. The van der Waals surface area contributed by atoms with Crippen LogP contribution in [-0.4, -0.2) is 86.8 Å². The molecule has 292 valence electrons. The van der Waals surface area contributed by atoms with E-state index in [-0.39, 0.29) is 33.3 Å². The molecule has 0 spiro atoms. The maximum absolute atomic E-state index is 14.0. The summed E-state index contributed by atoms with van der Waals surface area (Å²) in [6, 6.07) is 22.6. The summed E-state index contributed by atoms with van der Waals surface area (Å²) in [5.41, 5.74) is 2.34. The van der Waals surface area contributed by atoms with Crippen molar-refractivity contribution in [1.29, 1.82) is 0 Å². The lowest BCUT2D eigenvalue weighted by Crippen LogP contribution is -2.55. The maximum atomic E-state index is 14.0. The van der Waals surface area contributed by atoms with Gasteiger partial charge in [-0.25, -0.2) is 9.78 Å². The van der Waals surface area contributed by atoms with Crippen LogP contribution in [0, 0.1) is 5.92 Å². The van der Waals surface area contributed by atoms with E-state index in [0.29, 0.717) is 41.4 Å². The zero-order chi connectivity index (χ0) is 37.7. The molecule has 1 aromatic heterocycles. The summed E-state index contributed by atoms with van der Waals surface area (Å²) in [7, 11) is 3.06. The molecule has 4 aromatic rings. The van der Waals surface area contributed by atoms with Crippen molar-refractivity contribution >= 4 is 35.1 Å². The topological polar surface area (TPSA) is 131 Å². The van der Waals surface area contributed by atoms with Crippen molar-refractivity contribution in [2.24, 2.45) is 5.92 Å². The van der Waals surface area contributed by atoms with Gasteiger partial charge >= 0.3 is 11.9 Å². The average molecular weight is 793 g/mol. The van der Waals surface area contributed by atoms with E-state index in [4.69, 9.17) is 46.9 Å². The van der Waals surface area contributed by atoms with Crippen molar-refractivity contribution in [2.75, 3.05) is 53.5 Å². The fraction of sp³-hybridized carbons (Fsp3) is 0.405. The lowest BCUT2D eigenvalue weighted by Gasteiger charge is -2.46. The number of methoxy groups -OCH3 is 2. The number of ether oxygens (including phenoxy) is 5. The second-order valence-electron chi connectivity index (χ2n) is 14.3. The van der Waals surface area contributed by atoms with Gasteiger partial charge in [0.2, 0.25) is 0 Å². The molecule has 8 rings (SSSR count). The number of hydrogen-bond donors (Lipinski definition) is 0. The Kier molecular flexibility index (Phi) is 13.2. The molecule has 5 heterocycles. The monoisotopic (exact) mass is 791 g/mol. The molecule has 4 fully saturated rings. The molecule has 0 saturated carbocycles. The fourth-order valence-electron chi connectivity index (χ4n) is 7.89. The Balaban J connectivity index is 0.00000514. The second-order valence-corrected chi connectivity index (χ2v) is 15.1. The lowest BCUT2D eigenvalue weighted by molar-refractivity contribution is -0.377. The molecule has 2 bridgehead atoms. The molecule has 4 saturated heterocycles. The van der Waals surface area contributed by atoms with Crippen molar-refractivity contribution in [1.82, 2.24) is 9.80 Å². The van der Waals surface area contributed by atoms with Crippen molar-refractivity contribution < 1.29 is 43.7 Å². The van der Waals surface area contributed by atoms with Gasteiger partial charge in [-0.05, 0) is 106 Å². The fourth-order valence-corrected chi connectivity index (χ4v) is 8.36. The van der Waals surface area contributed by atoms with Crippen LogP contribution < -0.4 is 19.2 Å². The number of H-pyrrole nitrogens is 1. The molecule has 0 radical (unpaired) electrons. The number of aromatic nitrogens is 1. The number of nitrogens with zero attached hydrogens (tertiary/aromatic N) is 2. The van der Waals surface area contributed by atoms with Gasteiger partial charge < -0.3 is 34.1 Å². The van der Waals surface area contributed by atoms with Crippen LogP contribution in [0.4, 0.5) is 0 Å². The van der Waals surface area contributed by atoms with Crippen LogP contribution >= 0.6 is 23.2 Å². The number of rotatable bonds is 13. The Hall–Kier alpha value is -4.39. The highest BCUT2D eigenvalue weighted by Crippen LogP contribution is 2.40. The van der Waals surface area contributed by atoms with Crippen LogP contribution in [0.15, 0.2) is 85.2 Å². The molecule has 4 aliphatic rings. The summed E-state index contributed by atoms with van der Waals surface area (Å²) in [6.45, 7) is 5.49. The van der Waals surface area contributed by atoms with Crippen LogP contribution in [0.5, 0.6) is 17.2 Å². The SMILES string of the molecule is COc1ccc([C@@H](OC(=O)c2ccc(CCN3CCC(C(=O)O[C@H]4CN5CCC4CC5)(c4ccccc4)CC3)cc2)Oc2c(Cl)c[nH+]cc2Cl)cc1OC.[OH-]. The van der Waals surface area contributed by atoms with E-state index in [2.05, 4.69) is 26.9 Å². The number of carbonyl (C=O) groups is 2. The number of benzene rings is 3. The Morgan fingerprint density at radius 1 is 0.873 bits per heavy atom. The molecule has 0 aliphatic carbocycles. The number of nitrogens with one attached hydrogen (secondary N) is 1. The molecular weight excluding hydrogens is 745 g/mol. The number of likely N-dealkylation sites (tertiary alicyclic amines) is 1. The first-order valence-corrected chi connectivity index (χ1v) is 19.3. The summed E-state index contributed by atoms with van der Waals surface area (Å²) in [5.74, 6) is 0.918. The minimum absolute atomic E-state index is 0. The predicted molar refractivity (Wildman–Crippen MR) is 206 cm³/mol. The van der Waals surface area contributed by atoms with Gasteiger partial charge in [0, 0.05) is 18.7 Å². The average Bonchev–Trinajstić information content (AvgIpc) is 3.21. The highest BCUT2D eigenvalue weighted by Gasteiger charge is 2.47. The second kappa shape index (κ2) is 18.0. The number of hydrogen-bond acceptors (Lipinski definition) is 10. The van der Waals surface area contributed by atoms with Gasteiger partial charge in [-0.2, -0.15) is 0 Å². The van der Waals surface area contributed by atoms with Crippen LogP contribution in [0.3, 0.4) is 0 Å². The summed E-state index contributed by atoms with van der Waals surface area (Å²) in [4.78, 5) is 35.2. The number of pyridine rings is 1. The minimum atomic E-state index is -1.20. The molecule has 2 atom stereocenters.